The summed E-state index contributed by atoms with van der Waals surface area (Å²) in [5.41, 5.74) is 6.33. The van der Waals surface area contributed by atoms with Crippen LogP contribution < -0.4 is 11.1 Å². The van der Waals surface area contributed by atoms with Gasteiger partial charge in [-0.1, -0.05) is 11.6 Å². The number of nitrogens with zero attached hydrogens (tertiary/aromatic N) is 3. The van der Waals surface area contributed by atoms with E-state index in [0.717, 1.165) is 18.8 Å². The molecule has 0 unspecified atom stereocenters. The first-order valence-electron chi connectivity index (χ1n) is 5.21. The van der Waals surface area contributed by atoms with E-state index in [4.69, 9.17) is 5.73 Å². The summed E-state index contributed by atoms with van der Waals surface area (Å²) in [6, 6.07) is 0.552. The van der Waals surface area contributed by atoms with Crippen molar-refractivity contribution in [3.8, 4) is 0 Å². The largest absolute Gasteiger partial charge is 0.325 e. The molecular weight excluding hydrogens is 178 g/mol. The van der Waals surface area contributed by atoms with E-state index in [1.807, 2.05) is 10.9 Å². The van der Waals surface area contributed by atoms with E-state index in [1.54, 1.807) is 0 Å². The molecule has 1 saturated heterocycles. The summed E-state index contributed by atoms with van der Waals surface area (Å²) < 4.78 is 1.88. The molecule has 0 spiro atoms. The van der Waals surface area contributed by atoms with Crippen molar-refractivity contribution in [3.63, 3.8) is 0 Å². The van der Waals surface area contributed by atoms with Gasteiger partial charge >= 0.3 is 0 Å². The van der Waals surface area contributed by atoms with E-state index in [2.05, 4.69) is 15.6 Å². The Morgan fingerprint density at radius 1 is 1.57 bits per heavy atom. The highest BCUT2D eigenvalue weighted by Gasteiger charge is 2.13. The predicted octanol–water partition coefficient (Wildman–Crippen LogP) is -0.121. The summed E-state index contributed by atoms with van der Waals surface area (Å²) in [5.74, 6) is 0. The van der Waals surface area contributed by atoms with E-state index in [9.17, 15) is 0 Å². The molecule has 2 heterocycles. The number of nitrogens with two attached hydrogens (primary N) is 1. The second kappa shape index (κ2) is 4.52. The summed E-state index contributed by atoms with van der Waals surface area (Å²) in [7, 11) is 0. The fraction of sp³-hybridized carbons (Fsp3) is 0.778. The minimum absolute atomic E-state index is 0.470. The van der Waals surface area contributed by atoms with Crippen LogP contribution >= 0.6 is 0 Å². The normalized spacial score (nSPS) is 22.5. The van der Waals surface area contributed by atoms with E-state index in [-0.39, 0.29) is 0 Å². The van der Waals surface area contributed by atoms with Crippen molar-refractivity contribution in [2.75, 3.05) is 6.54 Å². The average Bonchev–Trinajstić information content (AvgIpc) is 2.67. The van der Waals surface area contributed by atoms with Gasteiger partial charge in [0.25, 0.3) is 0 Å². The molecule has 1 aromatic heterocycles. The SMILES string of the molecule is NCc1cn(C[C@H]2CCCCN2)nn1. The molecule has 5 nitrogen and oxygen atoms in total. The predicted molar refractivity (Wildman–Crippen MR) is 53.6 cm³/mol. The van der Waals surface area contributed by atoms with Gasteiger partial charge in [0.05, 0.1) is 12.2 Å². The standard InChI is InChI=1S/C9H17N5/c10-5-9-7-14(13-12-9)6-8-3-1-2-4-11-8/h7-8,11H,1-6,10H2/t8-/m1/s1. The molecule has 14 heavy (non-hydrogen) atoms. The van der Waals surface area contributed by atoms with Gasteiger partial charge in [-0.3, -0.25) is 4.68 Å². The number of aromatic nitrogens is 3. The Morgan fingerprint density at radius 2 is 2.50 bits per heavy atom. The van der Waals surface area contributed by atoms with Crippen molar-refractivity contribution < 1.29 is 0 Å². The lowest BCUT2D eigenvalue weighted by Crippen LogP contribution is -2.37. The maximum Gasteiger partial charge on any atom is 0.0962 e. The summed E-state index contributed by atoms with van der Waals surface area (Å²) in [4.78, 5) is 0. The first kappa shape index (κ1) is 9.61. The van der Waals surface area contributed by atoms with Crippen molar-refractivity contribution in [2.24, 2.45) is 5.73 Å². The number of hydrogen-bond donors (Lipinski definition) is 2. The van der Waals surface area contributed by atoms with E-state index >= 15 is 0 Å². The summed E-state index contributed by atoms with van der Waals surface area (Å²) >= 11 is 0. The zero-order valence-corrected chi connectivity index (χ0v) is 8.32. The monoisotopic (exact) mass is 195 g/mol. The molecule has 2 rings (SSSR count). The second-order valence-electron chi connectivity index (χ2n) is 3.78. The van der Waals surface area contributed by atoms with Crippen LogP contribution in [0.15, 0.2) is 6.20 Å². The van der Waals surface area contributed by atoms with Gasteiger partial charge in [0.15, 0.2) is 0 Å². The molecule has 1 aliphatic rings. The Hall–Kier alpha value is -0.940. The zero-order valence-electron chi connectivity index (χ0n) is 8.32. The van der Waals surface area contributed by atoms with Crippen LogP contribution in [0.1, 0.15) is 25.0 Å². The zero-order chi connectivity index (χ0) is 9.80. The first-order valence-corrected chi connectivity index (χ1v) is 5.21. The fourth-order valence-corrected chi connectivity index (χ4v) is 1.83. The molecule has 0 aromatic carbocycles. The van der Waals surface area contributed by atoms with Gasteiger partial charge in [0.2, 0.25) is 0 Å². The lowest BCUT2D eigenvalue weighted by molar-refractivity contribution is 0.348. The molecule has 0 bridgehead atoms. The van der Waals surface area contributed by atoms with Crippen molar-refractivity contribution in [2.45, 2.75) is 38.4 Å². The third-order valence-electron chi connectivity index (χ3n) is 2.62. The third kappa shape index (κ3) is 2.30. The number of hydrogen-bond acceptors (Lipinski definition) is 4. The van der Waals surface area contributed by atoms with Crippen LogP contribution in [0.3, 0.4) is 0 Å². The second-order valence-corrected chi connectivity index (χ2v) is 3.78. The van der Waals surface area contributed by atoms with Gasteiger partial charge < -0.3 is 11.1 Å². The quantitative estimate of drug-likeness (QED) is 0.705. The van der Waals surface area contributed by atoms with Crippen LogP contribution in [0, 0.1) is 0 Å². The molecule has 3 N–H and O–H groups in total. The molecule has 1 atom stereocenters. The lowest BCUT2D eigenvalue weighted by atomic mass is 10.1. The molecule has 5 heteroatoms. The molecule has 0 saturated carbocycles. The minimum Gasteiger partial charge on any atom is -0.325 e. The highest BCUT2D eigenvalue weighted by Crippen LogP contribution is 2.08. The van der Waals surface area contributed by atoms with Gasteiger partial charge in [-0.2, -0.15) is 0 Å². The molecular formula is C9H17N5. The fourth-order valence-electron chi connectivity index (χ4n) is 1.83. The summed E-state index contributed by atoms with van der Waals surface area (Å²) in [6.07, 6.45) is 5.77. The van der Waals surface area contributed by atoms with Crippen LogP contribution in [0.5, 0.6) is 0 Å². The minimum atomic E-state index is 0.470. The topological polar surface area (TPSA) is 68.8 Å². The van der Waals surface area contributed by atoms with Crippen LogP contribution in [0.4, 0.5) is 0 Å². The Bertz CT molecular complexity index is 276. The maximum atomic E-state index is 5.46. The van der Waals surface area contributed by atoms with Gasteiger partial charge in [-0.15, -0.1) is 5.10 Å². The summed E-state index contributed by atoms with van der Waals surface area (Å²) in [6.45, 7) is 2.51. The number of piperidine rings is 1. The highest BCUT2D eigenvalue weighted by atomic mass is 15.4. The molecule has 1 aromatic rings. The Balaban J connectivity index is 1.89. The number of nitrogens with one attached hydrogen (secondary N) is 1. The molecule has 1 fully saturated rings. The van der Waals surface area contributed by atoms with Crippen LogP contribution in [0.25, 0.3) is 0 Å². The smallest absolute Gasteiger partial charge is 0.0962 e. The van der Waals surface area contributed by atoms with Crippen molar-refractivity contribution in [3.05, 3.63) is 11.9 Å². The highest BCUT2D eigenvalue weighted by molar-refractivity contribution is 4.91. The number of rotatable bonds is 3. The first-order chi connectivity index (χ1) is 6.88. The van der Waals surface area contributed by atoms with Gasteiger partial charge in [0, 0.05) is 18.8 Å². The van der Waals surface area contributed by atoms with Crippen molar-refractivity contribution >= 4 is 0 Å². The molecule has 0 radical (unpaired) electrons. The van der Waals surface area contributed by atoms with Gasteiger partial charge in [-0.25, -0.2) is 0 Å². The van der Waals surface area contributed by atoms with Crippen molar-refractivity contribution in [1.82, 2.24) is 20.3 Å². The lowest BCUT2D eigenvalue weighted by Gasteiger charge is -2.22. The molecule has 78 valence electrons. The van der Waals surface area contributed by atoms with E-state index in [1.165, 1.54) is 19.3 Å². The average molecular weight is 195 g/mol. The third-order valence-corrected chi connectivity index (χ3v) is 2.62. The Morgan fingerprint density at radius 3 is 3.14 bits per heavy atom. The van der Waals surface area contributed by atoms with Crippen LogP contribution in [-0.2, 0) is 13.1 Å². The molecule has 0 aliphatic carbocycles. The van der Waals surface area contributed by atoms with Gasteiger partial charge in [-0.05, 0) is 19.4 Å². The summed E-state index contributed by atoms with van der Waals surface area (Å²) in [5, 5.41) is 11.5. The van der Waals surface area contributed by atoms with E-state index in [0.29, 0.717) is 12.6 Å². The van der Waals surface area contributed by atoms with Gasteiger partial charge in [0.1, 0.15) is 0 Å². The van der Waals surface area contributed by atoms with Crippen molar-refractivity contribution in [1.29, 1.82) is 0 Å². The van der Waals surface area contributed by atoms with Crippen LogP contribution in [-0.4, -0.2) is 27.6 Å². The van der Waals surface area contributed by atoms with Crippen LogP contribution in [0.2, 0.25) is 0 Å². The molecule has 1 aliphatic heterocycles. The maximum absolute atomic E-state index is 5.46. The Kier molecular flexibility index (Phi) is 3.10. The molecule has 0 amide bonds. The Labute approximate surface area is 83.7 Å². The van der Waals surface area contributed by atoms with E-state index < -0.39 is 0 Å².